The number of likely N-dealkylation sites (N-methyl/N-ethyl adjacent to an activating group) is 1. The molecular formula is C11H15ClFNS. The summed E-state index contributed by atoms with van der Waals surface area (Å²) in [6.45, 7) is 0. The minimum atomic E-state index is -0.355. The molecular weight excluding hydrogens is 233 g/mol. The van der Waals surface area contributed by atoms with Crippen LogP contribution < -0.4 is 5.32 Å². The molecule has 0 aromatic heterocycles. The standard InChI is InChI=1S/C11H15ClFNS/c1-14-9(7-15-2)5-8-3-4-11(13)10(12)6-8/h3-4,6,9,14H,5,7H2,1-2H3. The van der Waals surface area contributed by atoms with Crippen LogP contribution in [0.3, 0.4) is 0 Å². The van der Waals surface area contributed by atoms with Crippen molar-refractivity contribution in [3.05, 3.63) is 34.6 Å². The largest absolute Gasteiger partial charge is 0.316 e. The van der Waals surface area contributed by atoms with E-state index in [2.05, 4.69) is 11.6 Å². The van der Waals surface area contributed by atoms with Crippen molar-refractivity contribution in [1.82, 2.24) is 5.32 Å². The first-order chi connectivity index (χ1) is 7.17. The van der Waals surface area contributed by atoms with Crippen LogP contribution in [0.15, 0.2) is 18.2 Å². The molecule has 1 rings (SSSR count). The molecule has 1 aromatic rings. The van der Waals surface area contributed by atoms with Crippen molar-refractivity contribution in [3.63, 3.8) is 0 Å². The summed E-state index contributed by atoms with van der Waals surface area (Å²) in [7, 11) is 1.94. The van der Waals surface area contributed by atoms with E-state index >= 15 is 0 Å². The smallest absolute Gasteiger partial charge is 0.141 e. The van der Waals surface area contributed by atoms with Gasteiger partial charge in [-0.15, -0.1) is 0 Å². The van der Waals surface area contributed by atoms with Gasteiger partial charge in [0.2, 0.25) is 0 Å². The zero-order valence-electron chi connectivity index (χ0n) is 8.89. The van der Waals surface area contributed by atoms with Gasteiger partial charge in [-0.2, -0.15) is 11.8 Å². The fourth-order valence-electron chi connectivity index (χ4n) is 1.40. The zero-order chi connectivity index (χ0) is 11.3. The molecule has 4 heteroatoms. The van der Waals surface area contributed by atoms with Gasteiger partial charge in [-0.3, -0.25) is 0 Å². The molecule has 15 heavy (non-hydrogen) atoms. The summed E-state index contributed by atoms with van der Waals surface area (Å²) in [5.41, 5.74) is 1.06. The molecule has 1 aromatic carbocycles. The normalized spacial score (nSPS) is 12.8. The maximum atomic E-state index is 12.9. The molecule has 0 amide bonds. The highest BCUT2D eigenvalue weighted by Crippen LogP contribution is 2.17. The molecule has 0 saturated heterocycles. The van der Waals surface area contributed by atoms with Crippen LogP contribution in [0.4, 0.5) is 4.39 Å². The Morgan fingerprint density at radius 3 is 2.80 bits per heavy atom. The number of hydrogen-bond donors (Lipinski definition) is 1. The van der Waals surface area contributed by atoms with E-state index in [0.29, 0.717) is 6.04 Å². The van der Waals surface area contributed by atoms with Gasteiger partial charge in [0.1, 0.15) is 5.82 Å². The first-order valence-corrected chi connectivity index (χ1v) is 6.54. The third kappa shape index (κ3) is 4.01. The predicted octanol–water partition coefficient (Wildman–Crippen LogP) is 2.97. The third-order valence-electron chi connectivity index (χ3n) is 2.24. The number of halogens is 2. The lowest BCUT2D eigenvalue weighted by atomic mass is 10.1. The van der Waals surface area contributed by atoms with Crippen LogP contribution in [0.2, 0.25) is 5.02 Å². The van der Waals surface area contributed by atoms with Crippen molar-refractivity contribution >= 4 is 23.4 Å². The van der Waals surface area contributed by atoms with E-state index in [4.69, 9.17) is 11.6 Å². The van der Waals surface area contributed by atoms with Crippen molar-refractivity contribution in [2.75, 3.05) is 19.1 Å². The average molecular weight is 248 g/mol. The van der Waals surface area contributed by atoms with E-state index in [1.54, 1.807) is 23.9 Å². The lowest BCUT2D eigenvalue weighted by molar-refractivity contribution is 0.610. The van der Waals surface area contributed by atoms with Gasteiger partial charge in [0.15, 0.2) is 0 Å². The fourth-order valence-corrected chi connectivity index (χ4v) is 2.29. The molecule has 0 saturated carbocycles. The molecule has 1 unspecified atom stereocenters. The summed E-state index contributed by atoms with van der Waals surface area (Å²) in [5, 5.41) is 3.43. The lowest BCUT2D eigenvalue weighted by Crippen LogP contribution is -2.29. The summed E-state index contributed by atoms with van der Waals surface area (Å²) in [6.07, 6.45) is 2.94. The lowest BCUT2D eigenvalue weighted by Gasteiger charge is -2.14. The van der Waals surface area contributed by atoms with Crippen molar-refractivity contribution in [2.45, 2.75) is 12.5 Å². The Labute approximate surface area is 99.4 Å². The molecule has 0 radical (unpaired) electrons. The Balaban J connectivity index is 2.66. The van der Waals surface area contributed by atoms with Crippen LogP contribution >= 0.6 is 23.4 Å². The first kappa shape index (κ1) is 12.8. The Hall–Kier alpha value is -0.250. The first-order valence-electron chi connectivity index (χ1n) is 4.77. The van der Waals surface area contributed by atoms with Crippen LogP contribution in [-0.2, 0) is 6.42 Å². The molecule has 0 fully saturated rings. The van der Waals surface area contributed by atoms with Gasteiger partial charge in [-0.05, 0) is 37.4 Å². The molecule has 1 nitrogen and oxygen atoms in total. The summed E-state index contributed by atoms with van der Waals surface area (Å²) in [6, 6.07) is 5.30. The second-order valence-corrected chi connectivity index (χ2v) is 4.71. The van der Waals surface area contributed by atoms with Gasteiger partial charge in [0, 0.05) is 11.8 Å². The van der Waals surface area contributed by atoms with Crippen molar-refractivity contribution < 1.29 is 4.39 Å². The van der Waals surface area contributed by atoms with E-state index < -0.39 is 0 Å². The molecule has 0 aliphatic rings. The zero-order valence-corrected chi connectivity index (χ0v) is 10.5. The second-order valence-electron chi connectivity index (χ2n) is 3.39. The summed E-state index contributed by atoms with van der Waals surface area (Å²) < 4.78 is 12.9. The van der Waals surface area contributed by atoms with E-state index in [1.807, 2.05) is 7.05 Å². The number of hydrogen-bond acceptors (Lipinski definition) is 2. The molecule has 0 heterocycles. The molecule has 0 bridgehead atoms. The second kappa shape index (κ2) is 6.36. The molecule has 1 N–H and O–H groups in total. The van der Waals surface area contributed by atoms with Crippen LogP contribution in [0, 0.1) is 5.82 Å². The van der Waals surface area contributed by atoms with Crippen LogP contribution in [-0.4, -0.2) is 25.1 Å². The van der Waals surface area contributed by atoms with Crippen LogP contribution in [0.25, 0.3) is 0 Å². The SMILES string of the molecule is CNC(CSC)Cc1ccc(F)c(Cl)c1. The van der Waals surface area contributed by atoms with Gasteiger partial charge in [-0.1, -0.05) is 17.7 Å². The quantitative estimate of drug-likeness (QED) is 0.859. The van der Waals surface area contributed by atoms with Gasteiger partial charge in [-0.25, -0.2) is 4.39 Å². The highest BCUT2D eigenvalue weighted by Gasteiger charge is 2.08. The predicted molar refractivity (Wildman–Crippen MR) is 66.3 cm³/mol. The minimum absolute atomic E-state index is 0.200. The Morgan fingerprint density at radius 1 is 1.53 bits per heavy atom. The number of thioether (sulfide) groups is 1. The average Bonchev–Trinajstić information content (AvgIpc) is 2.23. The molecule has 0 aliphatic heterocycles. The van der Waals surface area contributed by atoms with E-state index in [1.165, 1.54) is 6.07 Å². The Bertz CT molecular complexity index is 319. The number of benzene rings is 1. The van der Waals surface area contributed by atoms with E-state index in [9.17, 15) is 4.39 Å². The Kier molecular flexibility index (Phi) is 5.43. The maximum Gasteiger partial charge on any atom is 0.141 e. The van der Waals surface area contributed by atoms with Gasteiger partial charge < -0.3 is 5.32 Å². The van der Waals surface area contributed by atoms with E-state index in [0.717, 1.165) is 17.7 Å². The van der Waals surface area contributed by atoms with Crippen LogP contribution in [0.1, 0.15) is 5.56 Å². The van der Waals surface area contributed by atoms with Gasteiger partial charge >= 0.3 is 0 Å². The van der Waals surface area contributed by atoms with Crippen LogP contribution in [0.5, 0.6) is 0 Å². The Morgan fingerprint density at radius 2 is 2.27 bits per heavy atom. The highest BCUT2D eigenvalue weighted by atomic mass is 35.5. The van der Waals surface area contributed by atoms with Crippen molar-refractivity contribution in [2.24, 2.45) is 0 Å². The fraction of sp³-hybridized carbons (Fsp3) is 0.455. The van der Waals surface area contributed by atoms with Crippen molar-refractivity contribution in [1.29, 1.82) is 0 Å². The van der Waals surface area contributed by atoms with Gasteiger partial charge in [0.05, 0.1) is 5.02 Å². The number of nitrogens with one attached hydrogen (secondary N) is 1. The van der Waals surface area contributed by atoms with Gasteiger partial charge in [0.25, 0.3) is 0 Å². The third-order valence-corrected chi connectivity index (χ3v) is 3.27. The minimum Gasteiger partial charge on any atom is -0.316 e. The monoisotopic (exact) mass is 247 g/mol. The highest BCUT2D eigenvalue weighted by molar-refractivity contribution is 7.98. The molecule has 0 spiro atoms. The summed E-state index contributed by atoms with van der Waals surface area (Å²) in [4.78, 5) is 0. The summed E-state index contributed by atoms with van der Waals surface area (Å²) in [5.74, 6) is 0.678. The molecule has 84 valence electrons. The number of rotatable bonds is 5. The van der Waals surface area contributed by atoms with E-state index in [-0.39, 0.29) is 10.8 Å². The molecule has 0 aliphatic carbocycles. The summed E-state index contributed by atoms with van der Waals surface area (Å²) >= 11 is 7.51. The topological polar surface area (TPSA) is 12.0 Å². The molecule has 1 atom stereocenters. The maximum absolute atomic E-state index is 12.9. The van der Waals surface area contributed by atoms with Crippen molar-refractivity contribution in [3.8, 4) is 0 Å².